The van der Waals surface area contributed by atoms with Crippen LogP contribution in [0.2, 0.25) is 5.02 Å². The summed E-state index contributed by atoms with van der Waals surface area (Å²) in [6.07, 6.45) is 1.61. The number of nitrogens with zero attached hydrogens (tertiary/aromatic N) is 2. The number of carbonyl (C=O) groups excluding carboxylic acids is 1. The van der Waals surface area contributed by atoms with E-state index < -0.39 is 11.7 Å². The number of pyridine rings is 1. The predicted octanol–water partition coefficient (Wildman–Crippen LogP) is 5.35. The second kappa shape index (κ2) is 9.62. The highest BCUT2D eigenvalue weighted by atomic mass is 35.5. The summed E-state index contributed by atoms with van der Waals surface area (Å²) in [5.41, 5.74) is 2.03. The molecule has 2 heterocycles. The van der Waals surface area contributed by atoms with E-state index in [1.165, 1.54) is 18.2 Å². The first kappa shape index (κ1) is 21.5. The summed E-state index contributed by atoms with van der Waals surface area (Å²) in [6, 6.07) is 17.5. The summed E-state index contributed by atoms with van der Waals surface area (Å²) in [5, 5.41) is 6.81. The van der Waals surface area contributed by atoms with Gasteiger partial charge >= 0.3 is 0 Å². The third-order valence-electron chi connectivity index (χ3n) is 4.77. The Morgan fingerprint density at radius 1 is 1.12 bits per heavy atom. The van der Waals surface area contributed by atoms with Gasteiger partial charge in [0.15, 0.2) is 0 Å². The minimum Gasteiger partial charge on any atom is -0.473 e. The molecule has 4 rings (SSSR count). The molecule has 0 saturated carbocycles. The van der Waals surface area contributed by atoms with Crippen molar-refractivity contribution in [3.63, 3.8) is 0 Å². The summed E-state index contributed by atoms with van der Waals surface area (Å²) in [6.45, 7) is 2.18. The number of hydrogen-bond acceptors (Lipinski definition) is 5. The standard InChI is InChI=1S/C24H19ClFN3O3/c1-15-21(23(29-32-15)22-18(25)8-5-9-19(22)26)24(30)28-13-17-10-11-27-20(12-17)31-14-16-6-3-2-4-7-16/h2-12H,13-14H2,1H3,(H,28,30). The fraction of sp³-hybridized carbons (Fsp3) is 0.125. The van der Waals surface area contributed by atoms with Gasteiger partial charge in [-0.2, -0.15) is 0 Å². The van der Waals surface area contributed by atoms with E-state index in [0.29, 0.717) is 12.5 Å². The number of hydrogen-bond donors (Lipinski definition) is 1. The molecule has 0 spiro atoms. The number of aromatic nitrogens is 2. The van der Waals surface area contributed by atoms with Crippen LogP contribution in [0.25, 0.3) is 11.3 Å². The molecule has 0 saturated heterocycles. The average Bonchev–Trinajstić information content (AvgIpc) is 3.18. The van der Waals surface area contributed by atoms with Crippen molar-refractivity contribution in [1.29, 1.82) is 0 Å². The fourth-order valence-corrected chi connectivity index (χ4v) is 3.43. The number of benzene rings is 2. The Balaban J connectivity index is 1.46. The Hall–Kier alpha value is -3.71. The molecule has 32 heavy (non-hydrogen) atoms. The zero-order valence-electron chi connectivity index (χ0n) is 17.1. The van der Waals surface area contributed by atoms with Crippen LogP contribution in [-0.2, 0) is 13.2 Å². The van der Waals surface area contributed by atoms with E-state index in [1.54, 1.807) is 25.3 Å². The molecule has 2 aromatic carbocycles. The van der Waals surface area contributed by atoms with Crippen LogP contribution < -0.4 is 10.1 Å². The first-order valence-electron chi connectivity index (χ1n) is 9.83. The largest absolute Gasteiger partial charge is 0.473 e. The molecule has 1 N–H and O–H groups in total. The summed E-state index contributed by atoms with van der Waals surface area (Å²) in [4.78, 5) is 17.1. The van der Waals surface area contributed by atoms with Crippen LogP contribution in [-0.4, -0.2) is 16.0 Å². The zero-order chi connectivity index (χ0) is 22.5. The van der Waals surface area contributed by atoms with Gasteiger partial charge in [0.05, 0.1) is 10.6 Å². The van der Waals surface area contributed by atoms with Gasteiger partial charge in [-0.1, -0.05) is 53.2 Å². The quantitative estimate of drug-likeness (QED) is 0.410. The van der Waals surface area contributed by atoms with Crippen molar-refractivity contribution in [1.82, 2.24) is 15.5 Å². The van der Waals surface area contributed by atoms with E-state index in [9.17, 15) is 9.18 Å². The average molecular weight is 452 g/mol. The first-order valence-corrected chi connectivity index (χ1v) is 10.2. The number of amides is 1. The van der Waals surface area contributed by atoms with Gasteiger partial charge in [0.25, 0.3) is 5.91 Å². The molecule has 8 heteroatoms. The Kier molecular flexibility index (Phi) is 6.47. The minimum absolute atomic E-state index is 0.0247. The maximum absolute atomic E-state index is 14.4. The summed E-state index contributed by atoms with van der Waals surface area (Å²) in [7, 11) is 0. The van der Waals surface area contributed by atoms with Crippen molar-refractivity contribution < 1.29 is 18.4 Å². The molecule has 1 amide bonds. The van der Waals surface area contributed by atoms with E-state index >= 15 is 0 Å². The Morgan fingerprint density at radius 2 is 1.94 bits per heavy atom. The summed E-state index contributed by atoms with van der Waals surface area (Å²) < 4.78 is 25.2. The second-order valence-corrected chi connectivity index (χ2v) is 7.43. The van der Waals surface area contributed by atoms with Crippen LogP contribution in [0.15, 0.2) is 71.4 Å². The van der Waals surface area contributed by atoms with Crippen molar-refractivity contribution in [2.75, 3.05) is 0 Å². The first-order chi connectivity index (χ1) is 15.5. The van der Waals surface area contributed by atoms with Crippen LogP contribution in [0.4, 0.5) is 4.39 Å². The number of rotatable bonds is 7. The van der Waals surface area contributed by atoms with Gasteiger partial charge in [-0.05, 0) is 36.2 Å². The van der Waals surface area contributed by atoms with Gasteiger partial charge in [0, 0.05) is 18.8 Å². The van der Waals surface area contributed by atoms with Crippen molar-refractivity contribution >= 4 is 17.5 Å². The van der Waals surface area contributed by atoms with Crippen LogP contribution in [0.1, 0.15) is 27.2 Å². The predicted molar refractivity (Wildman–Crippen MR) is 118 cm³/mol. The lowest BCUT2D eigenvalue weighted by Gasteiger charge is -2.09. The molecule has 0 atom stereocenters. The fourth-order valence-electron chi connectivity index (χ4n) is 3.18. The zero-order valence-corrected chi connectivity index (χ0v) is 17.9. The number of carbonyl (C=O) groups is 1. The molecule has 0 fully saturated rings. The molecule has 0 bridgehead atoms. The number of aryl methyl sites for hydroxylation is 1. The molecule has 6 nitrogen and oxygen atoms in total. The molecule has 4 aromatic rings. The topological polar surface area (TPSA) is 77.3 Å². The minimum atomic E-state index is -0.589. The van der Waals surface area contributed by atoms with Gasteiger partial charge in [0.1, 0.15) is 29.4 Å². The van der Waals surface area contributed by atoms with Gasteiger partial charge < -0.3 is 14.6 Å². The van der Waals surface area contributed by atoms with Gasteiger partial charge in [0.2, 0.25) is 5.88 Å². The van der Waals surface area contributed by atoms with Crippen LogP contribution in [0, 0.1) is 12.7 Å². The van der Waals surface area contributed by atoms with Crippen molar-refractivity contribution in [3.8, 4) is 17.1 Å². The molecule has 0 unspecified atom stereocenters. The molecule has 2 aromatic heterocycles. The van der Waals surface area contributed by atoms with Gasteiger partial charge in [-0.15, -0.1) is 0 Å². The molecule has 0 aliphatic carbocycles. The maximum Gasteiger partial charge on any atom is 0.257 e. The summed E-state index contributed by atoms with van der Waals surface area (Å²) >= 11 is 6.14. The number of nitrogens with one attached hydrogen (secondary N) is 1. The lowest BCUT2D eigenvalue weighted by molar-refractivity contribution is 0.0950. The van der Waals surface area contributed by atoms with Crippen LogP contribution in [0.5, 0.6) is 5.88 Å². The SMILES string of the molecule is Cc1onc(-c2c(F)cccc2Cl)c1C(=O)NCc1ccnc(OCc2ccccc2)c1. The maximum atomic E-state index is 14.4. The molecule has 0 aliphatic heterocycles. The van der Waals surface area contributed by atoms with E-state index in [4.69, 9.17) is 20.9 Å². The number of halogens is 2. The molecule has 0 radical (unpaired) electrons. The van der Waals surface area contributed by atoms with Crippen molar-refractivity contribution in [2.45, 2.75) is 20.1 Å². The van der Waals surface area contributed by atoms with E-state index in [2.05, 4.69) is 15.5 Å². The Morgan fingerprint density at radius 3 is 2.72 bits per heavy atom. The second-order valence-electron chi connectivity index (χ2n) is 7.02. The van der Waals surface area contributed by atoms with Crippen LogP contribution >= 0.6 is 11.6 Å². The normalized spacial score (nSPS) is 10.7. The molecular weight excluding hydrogens is 433 g/mol. The third kappa shape index (κ3) is 4.78. The van der Waals surface area contributed by atoms with E-state index in [-0.39, 0.29) is 34.1 Å². The van der Waals surface area contributed by atoms with Gasteiger partial charge in [-0.25, -0.2) is 9.37 Å². The molecule has 0 aliphatic rings. The molecular formula is C24H19ClFN3O3. The lowest BCUT2D eigenvalue weighted by atomic mass is 10.0. The lowest BCUT2D eigenvalue weighted by Crippen LogP contribution is -2.23. The van der Waals surface area contributed by atoms with Crippen molar-refractivity contribution in [2.24, 2.45) is 0 Å². The van der Waals surface area contributed by atoms with E-state index in [1.807, 2.05) is 30.3 Å². The highest BCUT2D eigenvalue weighted by Gasteiger charge is 2.25. The molecule has 162 valence electrons. The van der Waals surface area contributed by atoms with E-state index in [0.717, 1.165) is 11.1 Å². The third-order valence-corrected chi connectivity index (χ3v) is 5.09. The van der Waals surface area contributed by atoms with Crippen LogP contribution in [0.3, 0.4) is 0 Å². The monoisotopic (exact) mass is 451 g/mol. The van der Waals surface area contributed by atoms with Gasteiger partial charge in [-0.3, -0.25) is 4.79 Å². The Labute approximate surface area is 189 Å². The highest BCUT2D eigenvalue weighted by molar-refractivity contribution is 6.33. The Bertz CT molecular complexity index is 1220. The number of ether oxygens (including phenoxy) is 1. The smallest absolute Gasteiger partial charge is 0.257 e. The highest BCUT2D eigenvalue weighted by Crippen LogP contribution is 2.33. The summed E-state index contributed by atoms with van der Waals surface area (Å²) in [5.74, 6) is -0.338. The van der Waals surface area contributed by atoms with Crippen molar-refractivity contribution in [3.05, 3.63) is 100 Å².